The Hall–Kier alpha value is -1.17. The highest BCUT2D eigenvalue weighted by Gasteiger charge is 2.31. The maximum atomic E-state index is 5.51. The fourth-order valence-corrected chi connectivity index (χ4v) is 5.62. The summed E-state index contributed by atoms with van der Waals surface area (Å²) in [5.74, 6) is 1.00. The lowest BCUT2D eigenvalue weighted by Crippen LogP contribution is -2.38. The monoisotopic (exact) mass is 349 g/mol. The van der Waals surface area contributed by atoms with Crippen molar-refractivity contribution in [3.63, 3.8) is 0 Å². The Bertz CT molecular complexity index is 620. The van der Waals surface area contributed by atoms with E-state index in [-0.39, 0.29) is 11.3 Å². The van der Waals surface area contributed by atoms with Gasteiger partial charge in [-0.15, -0.1) is 0 Å². The van der Waals surface area contributed by atoms with Crippen molar-refractivity contribution in [2.45, 2.75) is 46.1 Å². The summed E-state index contributed by atoms with van der Waals surface area (Å²) in [4.78, 5) is 4.23. The Morgan fingerprint density at radius 2 is 2.04 bits per heavy atom. The summed E-state index contributed by atoms with van der Waals surface area (Å²) in [6.07, 6.45) is 3.95. The minimum Gasteiger partial charge on any atom is -0.496 e. The molecule has 0 aliphatic carbocycles. The molecule has 1 aromatic rings. The lowest BCUT2D eigenvalue weighted by atomic mass is 10.0. The van der Waals surface area contributed by atoms with Crippen LogP contribution in [0.2, 0.25) is 0 Å². The predicted molar refractivity (Wildman–Crippen MR) is 105 cm³/mol. The van der Waals surface area contributed by atoms with Crippen molar-refractivity contribution in [3.05, 3.63) is 33.7 Å². The van der Waals surface area contributed by atoms with Crippen molar-refractivity contribution in [1.82, 2.24) is 14.3 Å². The van der Waals surface area contributed by atoms with Crippen molar-refractivity contribution >= 4 is 17.0 Å². The highest BCUT2D eigenvalue weighted by molar-refractivity contribution is 8.18. The summed E-state index contributed by atoms with van der Waals surface area (Å²) in [7, 11) is 3.81. The molecule has 0 saturated carbocycles. The first kappa shape index (κ1) is 17.6. The Morgan fingerprint density at radius 1 is 1.33 bits per heavy atom. The van der Waals surface area contributed by atoms with Gasteiger partial charge in [-0.2, -0.15) is 0 Å². The van der Waals surface area contributed by atoms with Gasteiger partial charge >= 0.3 is 0 Å². The number of aryl methyl sites for hydroxylation is 2. The van der Waals surface area contributed by atoms with Crippen LogP contribution in [0, 0.1) is 13.8 Å². The van der Waals surface area contributed by atoms with Gasteiger partial charge in [0.05, 0.1) is 12.8 Å². The fourth-order valence-electron chi connectivity index (χ4n) is 4.05. The number of benzene rings is 1. The number of hydrogen-bond acceptors (Lipinski definition) is 4. The first-order chi connectivity index (χ1) is 11.6. The van der Waals surface area contributed by atoms with Crippen molar-refractivity contribution in [1.29, 1.82) is 0 Å². The maximum Gasteiger partial charge on any atom is 0.124 e. The zero-order valence-electron chi connectivity index (χ0n) is 15.6. The minimum absolute atomic E-state index is 0.386. The smallest absolute Gasteiger partial charge is 0.124 e. The SMILES string of the molecule is CCC1CCCN1CC1=C(c2cc(C)c(OC)c(C)c2)N[SH]1NC. The van der Waals surface area contributed by atoms with E-state index in [0.29, 0.717) is 0 Å². The Labute approximate surface area is 149 Å². The third-order valence-corrected chi connectivity index (χ3v) is 7.08. The number of rotatable bonds is 6. The molecule has 0 radical (unpaired) electrons. The minimum atomic E-state index is -0.386. The molecule has 1 aromatic carbocycles. The highest BCUT2D eigenvalue weighted by atomic mass is 32.2. The Balaban J connectivity index is 1.90. The summed E-state index contributed by atoms with van der Waals surface area (Å²) in [6.45, 7) is 8.90. The molecular weight excluding hydrogens is 318 g/mol. The summed E-state index contributed by atoms with van der Waals surface area (Å²) >= 11 is -0.386. The van der Waals surface area contributed by atoms with Crippen LogP contribution in [-0.4, -0.2) is 38.2 Å². The van der Waals surface area contributed by atoms with E-state index in [0.717, 1.165) is 18.3 Å². The number of thiol groups is 1. The van der Waals surface area contributed by atoms with Crippen LogP contribution >= 0.6 is 11.3 Å². The first-order valence-corrected chi connectivity index (χ1v) is 10.3. The number of hydrogen-bond donors (Lipinski definition) is 3. The van der Waals surface area contributed by atoms with Crippen molar-refractivity contribution < 1.29 is 4.74 Å². The number of nitrogens with zero attached hydrogens (tertiary/aromatic N) is 1. The Morgan fingerprint density at radius 3 is 2.62 bits per heavy atom. The van der Waals surface area contributed by atoms with Crippen LogP contribution in [0.15, 0.2) is 17.0 Å². The number of methoxy groups -OCH3 is 1. The van der Waals surface area contributed by atoms with Gasteiger partial charge in [0.25, 0.3) is 0 Å². The van der Waals surface area contributed by atoms with E-state index < -0.39 is 0 Å². The zero-order chi connectivity index (χ0) is 17.3. The largest absolute Gasteiger partial charge is 0.496 e. The van der Waals surface area contributed by atoms with Gasteiger partial charge < -0.3 is 9.46 Å². The molecule has 2 atom stereocenters. The van der Waals surface area contributed by atoms with Gasteiger partial charge in [0.15, 0.2) is 0 Å². The van der Waals surface area contributed by atoms with Gasteiger partial charge in [-0.1, -0.05) is 18.2 Å². The lowest BCUT2D eigenvalue weighted by molar-refractivity contribution is 0.272. The molecule has 0 spiro atoms. The van der Waals surface area contributed by atoms with Crippen LogP contribution in [0.4, 0.5) is 0 Å². The van der Waals surface area contributed by atoms with Gasteiger partial charge in [0.2, 0.25) is 0 Å². The van der Waals surface area contributed by atoms with E-state index in [4.69, 9.17) is 4.74 Å². The second-order valence-corrected chi connectivity index (χ2v) is 8.69. The molecule has 134 valence electrons. The zero-order valence-corrected chi connectivity index (χ0v) is 16.5. The van der Waals surface area contributed by atoms with Gasteiger partial charge in [0.1, 0.15) is 5.75 Å². The van der Waals surface area contributed by atoms with Crippen LogP contribution in [0.25, 0.3) is 5.70 Å². The quantitative estimate of drug-likeness (QED) is 0.687. The average Bonchev–Trinajstić information content (AvgIpc) is 2.99. The van der Waals surface area contributed by atoms with E-state index in [9.17, 15) is 0 Å². The van der Waals surface area contributed by atoms with Gasteiger partial charge in [-0.3, -0.25) is 9.62 Å². The van der Waals surface area contributed by atoms with Crippen LogP contribution < -0.4 is 14.2 Å². The van der Waals surface area contributed by atoms with Crippen LogP contribution in [0.1, 0.15) is 42.9 Å². The fraction of sp³-hybridized carbons (Fsp3) is 0.579. The molecule has 2 aliphatic heterocycles. The molecular formula is C19H31N3OS. The van der Waals surface area contributed by atoms with Crippen molar-refractivity contribution in [3.8, 4) is 5.75 Å². The van der Waals surface area contributed by atoms with Crippen LogP contribution in [-0.2, 0) is 0 Å². The number of nitrogens with one attached hydrogen (secondary N) is 2. The summed E-state index contributed by atoms with van der Waals surface area (Å²) < 4.78 is 12.6. The van der Waals surface area contributed by atoms with Gasteiger partial charge in [0, 0.05) is 23.1 Å². The molecule has 0 amide bonds. The average molecular weight is 350 g/mol. The predicted octanol–water partition coefficient (Wildman–Crippen LogP) is 3.51. The molecule has 0 bridgehead atoms. The van der Waals surface area contributed by atoms with Crippen molar-refractivity contribution in [2.75, 3.05) is 27.2 Å². The summed E-state index contributed by atoms with van der Waals surface area (Å²) in [6, 6.07) is 5.25. The van der Waals surface area contributed by atoms with Crippen LogP contribution in [0.5, 0.6) is 5.75 Å². The lowest BCUT2D eigenvalue weighted by Gasteiger charge is -2.41. The molecule has 2 N–H and O–H groups in total. The van der Waals surface area contributed by atoms with Crippen LogP contribution in [0.3, 0.4) is 0 Å². The molecule has 4 nitrogen and oxygen atoms in total. The second kappa shape index (κ2) is 7.38. The van der Waals surface area contributed by atoms with Gasteiger partial charge in [-0.05, 0) is 70.0 Å². The summed E-state index contributed by atoms with van der Waals surface area (Å²) in [5.41, 5.74) is 5.02. The van der Waals surface area contributed by atoms with E-state index in [1.807, 2.05) is 0 Å². The number of likely N-dealkylation sites (tertiary alicyclic amines) is 1. The molecule has 1 fully saturated rings. The highest BCUT2D eigenvalue weighted by Crippen LogP contribution is 2.46. The molecule has 1 saturated heterocycles. The summed E-state index contributed by atoms with van der Waals surface area (Å²) in [5, 5.41) is 0. The van der Waals surface area contributed by atoms with Crippen molar-refractivity contribution in [2.24, 2.45) is 0 Å². The molecule has 2 heterocycles. The van der Waals surface area contributed by atoms with Gasteiger partial charge in [-0.25, -0.2) is 0 Å². The maximum absolute atomic E-state index is 5.51. The molecule has 24 heavy (non-hydrogen) atoms. The molecule has 3 rings (SSSR count). The van der Waals surface area contributed by atoms with E-state index in [2.05, 4.69) is 54.3 Å². The topological polar surface area (TPSA) is 36.5 Å². The molecule has 2 unspecified atom stereocenters. The molecule has 0 aromatic heterocycles. The number of ether oxygens (including phenoxy) is 1. The Kier molecular flexibility index (Phi) is 5.42. The van der Waals surface area contributed by atoms with E-state index >= 15 is 0 Å². The third kappa shape index (κ3) is 3.17. The molecule has 2 aliphatic rings. The van der Waals surface area contributed by atoms with E-state index in [1.54, 1.807) is 12.0 Å². The second-order valence-electron chi connectivity index (χ2n) is 6.81. The molecule has 5 heteroatoms. The van der Waals surface area contributed by atoms with E-state index in [1.165, 1.54) is 48.2 Å². The first-order valence-electron chi connectivity index (χ1n) is 8.96. The standard InChI is InChI=1S/C19H31N3OS/c1-6-16-8-7-9-22(16)12-17-18(21-24(17)20-4)15-10-13(2)19(23-5)14(3)11-15/h10-11,16,20-21,24H,6-9,12H2,1-5H3. The third-order valence-electron chi connectivity index (χ3n) is 5.28. The normalized spacial score (nSPS) is 25.5.